The Bertz CT molecular complexity index is 381. The molecule has 1 aliphatic heterocycles. The minimum absolute atomic E-state index is 0.0976. The topological polar surface area (TPSA) is 46.6 Å². The predicted octanol–water partition coefficient (Wildman–Crippen LogP) is 2.29. The van der Waals surface area contributed by atoms with Gasteiger partial charge in [-0.05, 0) is 39.7 Å². The van der Waals surface area contributed by atoms with Crippen molar-refractivity contribution < 1.29 is 14.3 Å². The Balaban J connectivity index is 2.13. The molecule has 1 unspecified atom stereocenters. The summed E-state index contributed by atoms with van der Waals surface area (Å²) in [5, 5.41) is 0. The van der Waals surface area contributed by atoms with Crippen LogP contribution in [0.2, 0.25) is 0 Å². The van der Waals surface area contributed by atoms with E-state index in [9.17, 15) is 9.59 Å². The molecule has 2 aliphatic rings. The van der Waals surface area contributed by atoms with Crippen molar-refractivity contribution in [1.82, 2.24) is 4.90 Å². The highest BCUT2D eigenvalue weighted by Gasteiger charge is 2.46. The molecule has 1 fully saturated rings. The molecular weight excluding hydrogens is 218 g/mol. The van der Waals surface area contributed by atoms with Crippen LogP contribution in [-0.4, -0.2) is 34.5 Å². The van der Waals surface area contributed by atoms with E-state index in [1.165, 1.54) is 0 Å². The maximum Gasteiger partial charge on any atom is 0.411 e. The molecule has 0 saturated carbocycles. The van der Waals surface area contributed by atoms with Crippen LogP contribution < -0.4 is 0 Å². The fourth-order valence-electron chi connectivity index (χ4n) is 2.52. The second kappa shape index (κ2) is 3.86. The molecule has 1 heterocycles. The van der Waals surface area contributed by atoms with Gasteiger partial charge in [-0.15, -0.1) is 0 Å². The van der Waals surface area contributed by atoms with Crippen LogP contribution in [0, 0.1) is 0 Å². The van der Waals surface area contributed by atoms with Crippen LogP contribution in [0.4, 0.5) is 4.79 Å². The Hall–Kier alpha value is -1.32. The van der Waals surface area contributed by atoms with E-state index in [4.69, 9.17) is 4.74 Å². The number of nitrogens with zero attached hydrogens (tertiary/aromatic N) is 1. The fourth-order valence-corrected chi connectivity index (χ4v) is 2.52. The van der Waals surface area contributed by atoms with Gasteiger partial charge in [0.1, 0.15) is 5.60 Å². The highest BCUT2D eigenvalue weighted by atomic mass is 16.6. The number of ketones is 1. The van der Waals surface area contributed by atoms with Crippen molar-refractivity contribution in [1.29, 1.82) is 0 Å². The Kier molecular flexibility index (Phi) is 2.76. The second-order valence-electron chi connectivity index (χ2n) is 5.82. The fraction of sp³-hybridized carbons (Fsp3) is 0.692. The van der Waals surface area contributed by atoms with Gasteiger partial charge in [-0.3, -0.25) is 9.69 Å². The van der Waals surface area contributed by atoms with Crippen molar-refractivity contribution in [2.45, 2.75) is 51.2 Å². The third-order valence-electron chi connectivity index (χ3n) is 3.20. The lowest BCUT2D eigenvalue weighted by Crippen LogP contribution is -2.47. The Labute approximate surface area is 102 Å². The first-order valence-electron chi connectivity index (χ1n) is 6.05. The standard InChI is InChI=1S/C13H19NO3/c1-12(2,3)17-11(16)14-8-4-6-13(14)7-5-10(15)9-13/h5,7H,4,6,8-9H2,1-3H3. The summed E-state index contributed by atoms with van der Waals surface area (Å²) in [6.07, 6.45) is 5.33. The van der Waals surface area contributed by atoms with Gasteiger partial charge in [-0.1, -0.05) is 6.08 Å². The van der Waals surface area contributed by atoms with Crippen molar-refractivity contribution in [2.24, 2.45) is 0 Å². The molecule has 17 heavy (non-hydrogen) atoms. The number of ether oxygens (including phenoxy) is 1. The number of hydrogen-bond acceptors (Lipinski definition) is 3. The Morgan fingerprint density at radius 3 is 2.71 bits per heavy atom. The zero-order valence-electron chi connectivity index (χ0n) is 10.7. The summed E-state index contributed by atoms with van der Waals surface area (Å²) < 4.78 is 5.39. The van der Waals surface area contributed by atoms with E-state index in [1.807, 2.05) is 26.8 Å². The number of allylic oxidation sites excluding steroid dienone is 1. The minimum Gasteiger partial charge on any atom is -0.444 e. The average Bonchev–Trinajstić information content (AvgIpc) is 2.72. The van der Waals surface area contributed by atoms with Crippen molar-refractivity contribution >= 4 is 11.9 Å². The van der Waals surface area contributed by atoms with Crippen LogP contribution in [-0.2, 0) is 9.53 Å². The van der Waals surface area contributed by atoms with E-state index in [2.05, 4.69) is 0 Å². The van der Waals surface area contributed by atoms with Crippen LogP contribution in [0.3, 0.4) is 0 Å². The smallest absolute Gasteiger partial charge is 0.411 e. The van der Waals surface area contributed by atoms with Gasteiger partial charge in [0.25, 0.3) is 0 Å². The lowest BCUT2D eigenvalue weighted by Gasteiger charge is -2.34. The van der Waals surface area contributed by atoms with E-state index in [0.717, 1.165) is 12.8 Å². The predicted molar refractivity (Wildman–Crippen MR) is 63.7 cm³/mol. The molecule has 0 N–H and O–H groups in total. The molecule has 4 nitrogen and oxygen atoms in total. The molecule has 0 bridgehead atoms. The summed E-state index contributed by atoms with van der Waals surface area (Å²) in [5.74, 6) is 0.0976. The molecule has 1 amide bonds. The number of likely N-dealkylation sites (tertiary alicyclic amines) is 1. The van der Waals surface area contributed by atoms with E-state index in [1.54, 1.807) is 11.0 Å². The summed E-state index contributed by atoms with van der Waals surface area (Å²) in [6.45, 7) is 6.22. The number of rotatable bonds is 0. The van der Waals surface area contributed by atoms with Gasteiger partial charge in [0, 0.05) is 13.0 Å². The monoisotopic (exact) mass is 237 g/mol. The zero-order valence-corrected chi connectivity index (χ0v) is 10.7. The van der Waals surface area contributed by atoms with E-state index >= 15 is 0 Å². The first kappa shape index (κ1) is 12.1. The molecule has 0 aromatic carbocycles. The summed E-state index contributed by atoms with van der Waals surface area (Å²) in [4.78, 5) is 25.2. The molecule has 1 spiro atoms. The van der Waals surface area contributed by atoms with Crippen molar-refractivity contribution in [2.75, 3.05) is 6.54 Å². The van der Waals surface area contributed by atoms with Gasteiger partial charge in [-0.25, -0.2) is 4.79 Å². The molecule has 0 aromatic rings. The van der Waals surface area contributed by atoms with E-state index in [-0.39, 0.29) is 11.9 Å². The third kappa shape index (κ3) is 2.35. The van der Waals surface area contributed by atoms with Crippen LogP contribution in [0.5, 0.6) is 0 Å². The lowest BCUT2D eigenvalue weighted by atomic mass is 9.96. The summed E-state index contributed by atoms with van der Waals surface area (Å²) in [5.41, 5.74) is -0.896. The Morgan fingerprint density at radius 1 is 1.47 bits per heavy atom. The van der Waals surface area contributed by atoms with Crippen LogP contribution >= 0.6 is 0 Å². The quantitative estimate of drug-likeness (QED) is 0.649. The molecule has 0 radical (unpaired) electrons. The summed E-state index contributed by atoms with van der Waals surface area (Å²) >= 11 is 0. The van der Waals surface area contributed by atoms with Crippen molar-refractivity contribution in [3.8, 4) is 0 Å². The van der Waals surface area contributed by atoms with Gasteiger partial charge < -0.3 is 4.74 Å². The number of hydrogen-bond donors (Lipinski definition) is 0. The first-order valence-corrected chi connectivity index (χ1v) is 6.05. The van der Waals surface area contributed by atoms with Crippen molar-refractivity contribution in [3.05, 3.63) is 12.2 Å². The maximum atomic E-state index is 12.1. The zero-order chi connectivity index (χ0) is 12.7. The van der Waals surface area contributed by atoms with E-state index < -0.39 is 11.1 Å². The highest BCUT2D eigenvalue weighted by molar-refractivity contribution is 5.94. The SMILES string of the molecule is CC(C)(C)OC(=O)N1CCCC12C=CC(=O)C2. The van der Waals surface area contributed by atoms with E-state index in [0.29, 0.717) is 13.0 Å². The van der Waals surface area contributed by atoms with Gasteiger partial charge >= 0.3 is 6.09 Å². The molecule has 1 saturated heterocycles. The van der Waals surface area contributed by atoms with Gasteiger partial charge in [0.15, 0.2) is 5.78 Å². The molecule has 1 aliphatic carbocycles. The summed E-state index contributed by atoms with van der Waals surface area (Å²) in [6, 6.07) is 0. The summed E-state index contributed by atoms with van der Waals surface area (Å²) in [7, 11) is 0. The van der Waals surface area contributed by atoms with Crippen LogP contribution in [0.25, 0.3) is 0 Å². The maximum absolute atomic E-state index is 12.1. The Morgan fingerprint density at radius 2 is 2.18 bits per heavy atom. The minimum atomic E-state index is -0.493. The second-order valence-corrected chi connectivity index (χ2v) is 5.82. The van der Waals surface area contributed by atoms with Gasteiger partial charge in [-0.2, -0.15) is 0 Å². The molecule has 0 aromatic heterocycles. The van der Waals surface area contributed by atoms with Crippen LogP contribution in [0.15, 0.2) is 12.2 Å². The van der Waals surface area contributed by atoms with Gasteiger partial charge in [0.05, 0.1) is 5.54 Å². The average molecular weight is 237 g/mol. The highest BCUT2D eigenvalue weighted by Crippen LogP contribution is 2.38. The first-order chi connectivity index (χ1) is 7.82. The lowest BCUT2D eigenvalue weighted by molar-refractivity contribution is -0.115. The van der Waals surface area contributed by atoms with Gasteiger partial charge in [0.2, 0.25) is 0 Å². The third-order valence-corrected chi connectivity index (χ3v) is 3.20. The number of carbonyl (C=O) groups excluding carboxylic acids is 2. The molecule has 94 valence electrons. The molecule has 2 rings (SSSR count). The molecule has 4 heteroatoms. The molecule has 1 atom stereocenters. The largest absolute Gasteiger partial charge is 0.444 e. The normalized spacial score (nSPS) is 28.2. The number of carbonyl (C=O) groups is 2. The van der Waals surface area contributed by atoms with Crippen molar-refractivity contribution in [3.63, 3.8) is 0 Å². The number of amides is 1. The molecular formula is C13H19NO3. The van der Waals surface area contributed by atoms with Crippen LogP contribution in [0.1, 0.15) is 40.0 Å².